The van der Waals surface area contributed by atoms with E-state index in [9.17, 15) is 4.39 Å². The van der Waals surface area contributed by atoms with E-state index >= 15 is 0 Å². The highest BCUT2D eigenvalue weighted by Crippen LogP contribution is 2.16. The molecule has 0 bridgehead atoms. The Balaban J connectivity index is 2.07. The number of benzene rings is 2. The molecule has 0 saturated heterocycles. The van der Waals surface area contributed by atoms with Crippen molar-refractivity contribution in [2.24, 2.45) is 0 Å². The van der Waals surface area contributed by atoms with Crippen molar-refractivity contribution in [3.8, 4) is 0 Å². The van der Waals surface area contributed by atoms with Crippen molar-refractivity contribution in [1.82, 2.24) is 5.32 Å². The summed E-state index contributed by atoms with van der Waals surface area (Å²) in [5.41, 5.74) is 3.51. The quantitative estimate of drug-likeness (QED) is 0.860. The second-order valence-electron chi connectivity index (χ2n) is 5.09. The zero-order valence-corrected chi connectivity index (χ0v) is 13.4. The summed E-state index contributed by atoms with van der Waals surface area (Å²) in [5.74, 6) is -0.167. The van der Waals surface area contributed by atoms with Gasteiger partial charge in [-0.25, -0.2) is 4.39 Å². The number of rotatable bonds is 5. The highest BCUT2D eigenvalue weighted by atomic mass is 79.9. The van der Waals surface area contributed by atoms with E-state index in [0.717, 1.165) is 22.9 Å². The Morgan fingerprint density at radius 3 is 2.40 bits per heavy atom. The van der Waals surface area contributed by atoms with Crippen LogP contribution in [0.5, 0.6) is 0 Å². The van der Waals surface area contributed by atoms with Crippen LogP contribution < -0.4 is 5.32 Å². The van der Waals surface area contributed by atoms with Gasteiger partial charge in [0, 0.05) is 10.5 Å². The van der Waals surface area contributed by atoms with Crippen LogP contribution in [0.2, 0.25) is 0 Å². The molecule has 2 rings (SSSR count). The van der Waals surface area contributed by atoms with Gasteiger partial charge in [-0.3, -0.25) is 0 Å². The van der Waals surface area contributed by atoms with Crippen LogP contribution in [0.25, 0.3) is 0 Å². The fourth-order valence-corrected chi connectivity index (χ4v) is 2.60. The number of hydrogen-bond acceptors (Lipinski definition) is 1. The molecule has 0 saturated carbocycles. The van der Waals surface area contributed by atoms with Gasteiger partial charge in [-0.1, -0.05) is 34.1 Å². The lowest BCUT2D eigenvalue weighted by atomic mass is 9.96. The molecule has 0 aromatic heterocycles. The van der Waals surface area contributed by atoms with Crippen LogP contribution in [-0.4, -0.2) is 13.1 Å². The molecule has 0 fully saturated rings. The van der Waals surface area contributed by atoms with Crippen molar-refractivity contribution in [1.29, 1.82) is 0 Å². The molecular weight excluding hydrogens is 317 g/mol. The number of nitrogens with one attached hydrogen (secondary N) is 1. The van der Waals surface area contributed by atoms with Crippen molar-refractivity contribution in [3.63, 3.8) is 0 Å². The minimum absolute atomic E-state index is 0.167. The molecule has 0 aliphatic rings. The Kier molecular flexibility index (Phi) is 5.32. The van der Waals surface area contributed by atoms with Crippen molar-refractivity contribution >= 4 is 15.9 Å². The fourth-order valence-electron chi connectivity index (χ4n) is 2.34. The maximum atomic E-state index is 13.1. The second kappa shape index (κ2) is 7.00. The highest BCUT2D eigenvalue weighted by Gasteiger charge is 2.10. The number of hydrogen-bond donors (Lipinski definition) is 1. The molecule has 0 amide bonds. The molecule has 3 heteroatoms. The molecule has 1 atom stereocenters. The summed E-state index contributed by atoms with van der Waals surface area (Å²) in [6.07, 6.45) is 1.86. The van der Waals surface area contributed by atoms with Gasteiger partial charge in [-0.15, -0.1) is 0 Å². The highest BCUT2D eigenvalue weighted by molar-refractivity contribution is 9.10. The lowest BCUT2D eigenvalue weighted by Gasteiger charge is -2.18. The predicted octanol–water partition coefficient (Wildman–Crippen LogP) is 4.27. The van der Waals surface area contributed by atoms with Crippen molar-refractivity contribution in [2.45, 2.75) is 25.8 Å². The van der Waals surface area contributed by atoms with Gasteiger partial charge in [0.2, 0.25) is 0 Å². The van der Waals surface area contributed by atoms with Gasteiger partial charge in [-0.2, -0.15) is 0 Å². The van der Waals surface area contributed by atoms with E-state index in [2.05, 4.69) is 45.5 Å². The van der Waals surface area contributed by atoms with Crippen LogP contribution in [0.15, 0.2) is 46.9 Å². The monoisotopic (exact) mass is 335 g/mol. The summed E-state index contributed by atoms with van der Waals surface area (Å²) in [6, 6.07) is 13.8. The summed E-state index contributed by atoms with van der Waals surface area (Å²) in [4.78, 5) is 0. The summed E-state index contributed by atoms with van der Waals surface area (Å²) in [7, 11) is 1.97. The normalized spacial score (nSPS) is 12.4. The van der Waals surface area contributed by atoms with Gasteiger partial charge in [0.25, 0.3) is 0 Å². The van der Waals surface area contributed by atoms with Crippen LogP contribution in [0.4, 0.5) is 4.39 Å². The molecule has 0 aliphatic heterocycles. The lowest BCUT2D eigenvalue weighted by Crippen LogP contribution is -2.30. The van der Waals surface area contributed by atoms with Crippen LogP contribution in [0.1, 0.15) is 16.7 Å². The van der Waals surface area contributed by atoms with Crippen molar-refractivity contribution in [2.75, 3.05) is 7.05 Å². The molecule has 1 nitrogen and oxygen atoms in total. The number of likely N-dealkylation sites (N-methyl/N-ethyl adjacent to an activating group) is 1. The molecular formula is C17H19BrFN. The molecule has 1 unspecified atom stereocenters. The Morgan fingerprint density at radius 2 is 1.80 bits per heavy atom. The Morgan fingerprint density at radius 1 is 1.10 bits per heavy atom. The fraction of sp³-hybridized carbons (Fsp3) is 0.294. The maximum absolute atomic E-state index is 13.1. The Labute approximate surface area is 128 Å². The number of halogens is 2. The lowest BCUT2D eigenvalue weighted by molar-refractivity contribution is 0.553. The first-order valence-electron chi connectivity index (χ1n) is 6.75. The molecule has 0 aliphatic carbocycles. The molecule has 2 aromatic carbocycles. The summed E-state index contributed by atoms with van der Waals surface area (Å²) in [6.45, 7) is 1.96. The molecule has 106 valence electrons. The third-order valence-corrected chi connectivity index (χ3v) is 4.10. The zero-order valence-electron chi connectivity index (χ0n) is 11.8. The van der Waals surface area contributed by atoms with Gasteiger partial charge in [0.15, 0.2) is 0 Å². The van der Waals surface area contributed by atoms with Gasteiger partial charge in [0.1, 0.15) is 5.82 Å². The van der Waals surface area contributed by atoms with Crippen LogP contribution in [0, 0.1) is 12.7 Å². The Bertz CT molecular complexity index is 566. The smallest absolute Gasteiger partial charge is 0.123 e. The van der Waals surface area contributed by atoms with Gasteiger partial charge < -0.3 is 5.32 Å². The third kappa shape index (κ3) is 4.15. The predicted molar refractivity (Wildman–Crippen MR) is 85.5 cm³/mol. The minimum Gasteiger partial charge on any atom is -0.316 e. The van der Waals surface area contributed by atoms with E-state index in [1.165, 1.54) is 17.2 Å². The molecule has 0 heterocycles. The largest absolute Gasteiger partial charge is 0.316 e. The zero-order chi connectivity index (χ0) is 14.5. The first kappa shape index (κ1) is 15.2. The standard InChI is InChI=1S/C17H19BrFN/c1-12-9-16(19)8-5-14(12)11-17(20-2)10-13-3-6-15(18)7-4-13/h3-9,17,20H,10-11H2,1-2H3. The van der Waals surface area contributed by atoms with E-state index in [4.69, 9.17) is 0 Å². The average Bonchev–Trinajstić information content (AvgIpc) is 2.43. The van der Waals surface area contributed by atoms with Crippen LogP contribution in [0.3, 0.4) is 0 Å². The molecule has 0 spiro atoms. The maximum Gasteiger partial charge on any atom is 0.123 e. The van der Waals surface area contributed by atoms with E-state index in [0.29, 0.717) is 6.04 Å². The van der Waals surface area contributed by atoms with Crippen LogP contribution >= 0.6 is 15.9 Å². The van der Waals surface area contributed by atoms with Crippen molar-refractivity contribution in [3.05, 3.63) is 69.4 Å². The molecule has 20 heavy (non-hydrogen) atoms. The first-order chi connectivity index (χ1) is 9.58. The second-order valence-corrected chi connectivity index (χ2v) is 6.01. The average molecular weight is 336 g/mol. The number of aryl methyl sites for hydroxylation is 1. The van der Waals surface area contributed by atoms with E-state index < -0.39 is 0 Å². The van der Waals surface area contributed by atoms with E-state index in [-0.39, 0.29) is 5.82 Å². The topological polar surface area (TPSA) is 12.0 Å². The summed E-state index contributed by atoms with van der Waals surface area (Å²) >= 11 is 3.45. The van der Waals surface area contributed by atoms with E-state index in [1.807, 2.05) is 20.0 Å². The van der Waals surface area contributed by atoms with Gasteiger partial charge in [0.05, 0.1) is 0 Å². The molecule has 2 aromatic rings. The summed E-state index contributed by atoms with van der Waals surface area (Å²) < 4.78 is 14.2. The SMILES string of the molecule is CNC(Cc1ccc(Br)cc1)Cc1ccc(F)cc1C. The molecule has 1 N–H and O–H groups in total. The minimum atomic E-state index is -0.167. The first-order valence-corrected chi connectivity index (χ1v) is 7.54. The summed E-state index contributed by atoms with van der Waals surface area (Å²) in [5, 5.41) is 3.35. The molecule has 0 radical (unpaired) electrons. The Hall–Kier alpha value is -1.19. The van der Waals surface area contributed by atoms with E-state index in [1.54, 1.807) is 6.07 Å². The van der Waals surface area contributed by atoms with Gasteiger partial charge in [-0.05, 0) is 67.8 Å². The third-order valence-electron chi connectivity index (χ3n) is 3.57. The van der Waals surface area contributed by atoms with Crippen LogP contribution in [-0.2, 0) is 12.8 Å². The van der Waals surface area contributed by atoms with Gasteiger partial charge >= 0.3 is 0 Å². The van der Waals surface area contributed by atoms with Crippen molar-refractivity contribution < 1.29 is 4.39 Å².